The number of hydrogen-bond donors (Lipinski definition) is 1. The van der Waals surface area contributed by atoms with Crippen molar-refractivity contribution in [3.8, 4) is 0 Å². The summed E-state index contributed by atoms with van der Waals surface area (Å²) in [4.78, 5) is 11.9. The lowest BCUT2D eigenvalue weighted by molar-refractivity contribution is -0.141. The average molecular weight is 440 g/mol. The Labute approximate surface area is 162 Å². The zero-order chi connectivity index (χ0) is 19.3. The Kier molecular flexibility index (Phi) is 6.97. The minimum Gasteiger partial charge on any atom is -0.469 e. The number of rotatable bonds is 7. The van der Waals surface area contributed by atoms with Crippen LogP contribution in [0.2, 0.25) is 0 Å². The molecule has 2 aromatic rings. The van der Waals surface area contributed by atoms with E-state index in [2.05, 4.69) is 34.5 Å². The molecule has 2 rings (SSSR count). The lowest BCUT2D eigenvalue weighted by atomic mass is 9.98. The summed E-state index contributed by atoms with van der Waals surface area (Å²) < 4.78 is 33.5. The van der Waals surface area contributed by atoms with E-state index >= 15 is 0 Å². The van der Waals surface area contributed by atoms with Gasteiger partial charge in [-0.05, 0) is 41.3 Å². The van der Waals surface area contributed by atoms with E-state index in [0.29, 0.717) is 11.5 Å². The molecular formula is C19H22BrNO4S. The maximum Gasteiger partial charge on any atom is 0.307 e. The van der Waals surface area contributed by atoms with Gasteiger partial charge in [-0.25, -0.2) is 13.1 Å². The van der Waals surface area contributed by atoms with Crippen LogP contribution in [-0.4, -0.2) is 21.5 Å². The molecule has 0 aliphatic rings. The van der Waals surface area contributed by atoms with Crippen molar-refractivity contribution in [1.82, 2.24) is 4.72 Å². The second-order valence-electron chi connectivity index (χ2n) is 6.23. The summed E-state index contributed by atoms with van der Waals surface area (Å²) in [5.41, 5.74) is 1.85. The van der Waals surface area contributed by atoms with Gasteiger partial charge in [-0.1, -0.05) is 54.0 Å². The molecule has 0 aliphatic carbocycles. The number of benzene rings is 2. The third-order valence-electron chi connectivity index (χ3n) is 4.03. The SMILES string of the molecule is COC(=O)CC(NS(=O)(=O)c1ccc(Br)cc1)c1ccc(C(C)C)cc1. The molecule has 0 heterocycles. The monoisotopic (exact) mass is 439 g/mol. The van der Waals surface area contributed by atoms with Crippen molar-refractivity contribution in [2.75, 3.05) is 7.11 Å². The number of halogens is 1. The van der Waals surface area contributed by atoms with Crippen LogP contribution in [0.1, 0.15) is 43.4 Å². The van der Waals surface area contributed by atoms with E-state index in [1.165, 1.54) is 19.2 Å². The minimum atomic E-state index is -3.78. The fraction of sp³-hybridized carbons (Fsp3) is 0.316. The molecule has 26 heavy (non-hydrogen) atoms. The third-order valence-corrected chi connectivity index (χ3v) is 6.04. The molecule has 0 spiro atoms. The number of esters is 1. The highest BCUT2D eigenvalue weighted by molar-refractivity contribution is 9.10. The minimum absolute atomic E-state index is 0.0900. The van der Waals surface area contributed by atoms with Gasteiger partial charge < -0.3 is 4.74 Å². The molecule has 0 aliphatic heterocycles. The Balaban J connectivity index is 2.32. The number of hydrogen-bond acceptors (Lipinski definition) is 4. The van der Waals surface area contributed by atoms with Gasteiger partial charge in [0.25, 0.3) is 0 Å². The fourth-order valence-electron chi connectivity index (χ4n) is 2.46. The Hall–Kier alpha value is -1.70. The van der Waals surface area contributed by atoms with Crippen molar-refractivity contribution in [1.29, 1.82) is 0 Å². The summed E-state index contributed by atoms with van der Waals surface area (Å²) in [6.45, 7) is 4.16. The van der Waals surface area contributed by atoms with Crippen LogP contribution in [0.4, 0.5) is 0 Å². The second-order valence-corrected chi connectivity index (χ2v) is 8.86. The van der Waals surface area contributed by atoms with Gasteiger partial charge in [-0.15, -0.1) is 0 Å². The van der Waals surface area contributed by atoms with Crippen molar-refractivity contribution in [2.45, 2.75) is 37.1 Å². The number of ether oxygens (including phenoxy) is 1. The first kappa shape index (κ1) is 20.6. The summed E-state index contributed by atoms with van der Waals surface area (Å²) >= 11 is 3.28. The van der Waals surface area contributed by atoms with E-state index in [4.69, 9.17) is 4.74 Å². The van der Waals surface area contributed by atoms with Crippen molar-refractivity contribution in [2.24, 2.45) is 0 Å². The Bertz CT molecular complexity index is 846. The molecule has 0 amide bonds. The standard InChI is InChI=1S/C19H22BrNO4S/c1-13(2)14-4-6-15(7-5-14)18(12-19(22)25-3)21-26(23,24)17-10-8-16(20)9-11-17/h4-11,13,18,21H,12H2,1-3H3. The maximum absolute atomic E-state index is 12.7. The van der Waals surface area contributed by atoms with E-state index in [-0.39, 0.29) is 11.3 Å². The molecule has 0 bridgehead atoms. The molecule has 1 N–H and O–H groups in total. The largest absolute Gasteiger partial charge is 0.469 e. The highest BCUT2D eigenvalue weighted by Gasteiger charge is 2.24. The van der Waals surface area contributed by atoms with E-state index in [9.17, 15) is 13.2 Å². The van der Waals surface area contributed by atoms with Crippen LogP contribution < -0.4 is 4.72 Å². The average Bonchev–Trinajstić information content (AvgIpc) is 2.61. The highest BCUT2D eigenvalue weighted by atomic mass is 79.9. The van der Waals surface area contributed by atoms with E-state index < -0.39 is 22.0 Å². The van der Waals surface area contributed by atoms with Gasteiger partial charge in [0, 0.05) is 4.47 Å². The summed E-state index contributed by atoms with van der Waals surface area (Å²) in [5.74, 6) is -0.121. The van der Waals surface area contributed by atoms with Crippen molar-refractivity contribution >= 4 is 31.9 Å². The maximum atomic E-state index is 12.7. The molecule has 0 aromatic heterocycles. The van der Waals surface area contributed by atoms with Crippen LogP contribution >= 0.6 is 15.9 Å². The first-order chi connectivity index (χ1) is 12.2. The number of nitrogens with one attached hydrogen (secondary N) is 1. The van der Waals surface area contributed by atoms with Gasteiger partial charge in [0.15, 0.2) is 0 Å². The fourth-order valence-corrected chi connectivity index (χ4v) is 3.95. The van der Waals surface area contributed by atoms with E-state index in [1.807, 2.05) is 24.3 Å². The predicted octanol–water partition coefficient (Wildman–Crippen LogP) is 4.16. The van der Waals surface area contributed by atoms with E-state index in [1.54, 1.807) is 12.1 Å². The summed E-state index contributed by atoms with van der Waals surface area (Å²) in [6.07, 6.45) is -0.0900. The number of methoxy groups -OCH3 is 1. The van der Waals surface area contributed by atoms with Crippen LogP contribution in [0.5, 0.6) is 0 Å². The molecule has 1 unspecified atom stereocenters. The smallest absolute Gasteiger partial charge is 0.307 e. The Morgan fingerprint density at radius 3 is 2.08 bits per heavy atom. The molecular weight excluding hydrogens is 418 g/mol. The van der Waals surface area contributed by atoms with Crippen molar-refractivity contribution in [3.05, 3.63) is 64.1 Å². The molecule has 0 saturated carbocycles. The van der Waals surface area contributed by atoms with Gasteiger partial charge in [0.2, 0.25) is 10.0 Å². The summed E-state index contributed by atoms with van der Waals surface area (Å²) in [7, 11) is -2.50. The lowest BCUT2D eigenvalue weighted by Crippen LogP contribution is -2.30. The molecule has 140 valence electrons. The molecule has 0 saturated heterocycles. The molecule has 7 heteroatoms. The van der Waals surface area contributed by atoms with Crippen LogP contribution in [-0.2, 0) is 19.6 Å². The number of sulfonamides is 1. The quantitative estimate of drug-likeness (QED) is 0.657. The second kappa shape index (κ2) is 8.79. The van der Waals surface area contributed by atoms with Crippen molar-refractivity contribution < 1.29 is 17.9 Å². The Morgan fingerprint density at radius 2 is 1.58 bits per heavy atom. The van der Waals surface area contributed by atoms with Gasteiger partial charge in [0.1, 0.15) is 0 Å². The van der Waals surface area contributed by atoms with Crippen LogP contribution in [0.25, 0.3) is 0 Å². The zero-order valence-electron chi connectivity index (χ0n) is 14.9. The highest BCUT2D eigenvalue weighted by Crippen LogP contribution is 2.24. The third kappa shape index (κ3) is 5.40. The molecule has 0 fully saturated rings. The first-order valence-electron chi connectivity index (χ1n) is 8.17. The molecule has 5 nitrogen and oxygen atoms in total. The zero-order valence-corrected chi connectivity index (χ0v) is 17.3. The summed E-state index contributed by atoms with van der Waals surface area (Å²) in [6, 6.07) is 13.2. The van der Waals surface area contributed by atoms with Crippen LogP contribution in [0.15, 0.2) is 57.9 Å². The molecule has 2 aromatic carbocycles. The van der Waals surface area contributed by atoms with E-state index in [0.717, 1.165) is 10.0 Å². The van der Waals surface area contributed by atoms with Crippen molar-refractivity contribution in [3.63, 3.8) is 0 Å². The van der Waals surface area contributed by atoms with Crippen LogP contribution in [0.3, 0.4) is 0 Å². The first-order valence-corrected chi connectivity index (χ1v) is 10.4. The summed E-state index contributed by atoms with van der Waals surface area (Å²) in [5, 5.41) is 0. The van der Waals surface area contributed by atoms with Gasteiger partial charge >= 0.3 is 5.97 Å². The molecule has 1 atom stereocenters. The van der Waals surface area contributed by atoms with Crippen LogP contribution in [0, 0.1) is 0 Å². The van der Waals surface area contributed by atoms with Gasteiger partial charge in [-0.2, -0.15) is 0 Å². The molecule has 0 radical (unpaired) electrons. The normalized spacial score (nSPS) is 12.8. The lowest BCUT2D eigenvalue weighted by Gasteiger charge is -2.19. The predicted molar refractivity (Wildman–Crippen MR) is 104 cm³/mol. The Morgan fingerprint density at radius 1 is 1.04 bits per heavy atom. The number of carbonyl (C=O) groups excluding carboxylic acids is 1. The van der Waals surface area contributed by atoms with Gasteiger partial charge in [-0.3, -0.25) is 4.79 Å². The number of carbonyl (C=O) groups is 1. The van der Waals surface area contributed by atoms with Gasteiger partial charge in [0.05, 0.1) is 24.5 Å². The topological polar surface area (TPSA) is 72.5 Å².